The zero-order valence-electron chi connectivity index (χ0n) is 17.8. The van der Waals surface area contributed by atoms with Gasteiger partial charge in [-0.15, -0.1) is 0 Å². The highest BCUT2D eigenvalue weighted by molar-refractivity contribution is 6.31. The van der Waals surface area contributed by atoms with Gasteiger partial charge in [0.1, 0.15) is 17.1 Å². The lowest BCUT2D eigenvalue weighted by molar-refractivity contribution is 0.414. The Kier molecular flexibility index (Phi) is 5.70. The average molecular weight is 492 g/mol. The zero-order valence-corrected chi connectivity index (χ0v) is 19.3. The number of fused-ring (bicyclic) bond motifs is 1. The van der Waals surface area contributed by atoms with Crippen molar-refractivity contribution in [3.05, 3.63) is 82.5 Å². The minimum absolute atomic E-state index is 0.0251. The van der Waals surface area contributed by atoms with Crippen molar-refractivity contribution in [2.24, 2.45) is 0 Å². The van der Waals surface area contributed by atoms with Crippen LogP contribution in [0.2, 0.25) is 10.0 Å². The van der Waals surface area contributed by atoms with Crippen LogP contribution >= 0.6 is 23.2 Å². The lowest BCUT2D eigenvalue weighted by Crippen LogP contribution is -2.00. The van der Waals surface area contributed by atoms with Gasteiger partial charge < -0.3 is 14.3 Å². The van der Waals surface area contributed by atoms with Crippen LogP contribution in [0.1, 0.15) is 5.69 Å². The van der Waals surface area contributed by atoms with E-state index in [0.717, 1.165) is 5.56 Å². The Balaban J connectivity index is 1.76. The maximum atomic E-state index is 15.0. The average Bonchev–Trinajstić information content (AvgIpc) is 3.40. The molecule has 0 fully saturated rings. The summed E-state index contributed by atoms with van der Waals surface area (Å²) in [6.45, 7) is 0. The first-order valence-electron chi connectivity index (χ1n) is 10.2. The van der Waals surface area contributed by atoms with Crippen LogP contribution in [0.25, 0.3) is 39.4 Å². The van der Waals surface area contributed by atoms with E-state index in [-0.39, 0.29) is 11.4 Å². The third-order valence-electron chi connectivity index (χ3n) is 5.42. The molecule has 0 atom stereocenters. The number of methoxy groups -OCH3 is 1. The van der Waals surface area contributed by atoms with Gasteiger partial charge in [-0.1, -0.05) is 41.4 Å². The highest BCUT2D eigenvalue weighted by Gasteiger charge is 2.21. The molecule has 0 spiro atoms. The van der Waals surface area contributed by atoms with E-state index in [1.807, 2.05) is 12.1 Å². The molecule has 6 nitrogen and oxygen atoms in total. The van der Waals surface area contributed by atoms with Gasteiger partial charge in [-0.2, -0.15) is 5.26 Å². The van der Waals surface area contributed by atoms with Crippen LogP contribution in [0.4, 0.5) is 4.39 Å². The number of aromatic amines is 1. The summed E-state index contributed by atoms with van der Waals surface area (Å²) in [4.78, 5) is 12.4. The van der Waals surface area contributed by atoms with Crippen molar-refractivity contribution in [1.82, 2.24) is 19.5 Å². The summed E-state index contributed by atoms with van der Waals surface area (Å²) in [5.41, 5.74) is 4.33. The minimum atomic E-state index is -0.533. The molecule has 1 N–H and O–H groups in total. The summed E-state index contributed by atoms with van der Waals surface area (Å²) >= 11 is 12.2. The summed E-state index contributed by atoms with van der Waals surface area (Å²) < 4.78 is 22.2. The predicted octanol–water partition coefficient (Wildman–Crippen LogP) is 6.60. The molecule has 168 valence electrons. The number of H-pyrrole nitrogens is 1. The van der Waals surface area contributed by atoms with Crippen molar-refractivity contribution in [2.75, 3.05) is 7.11 Å². The van der Waals surface area contributed by atoms with E-state index in [0.29, 0.717) is 50.3 Å². The first-order valence-corrected chi connectivity index (χ1v) is 11.0. The predicted molar refractivity (Wildman–Crippen MR) is 130 cm³/mol. The molecule has 34 heavy (non-hydrogen) atoms. The number of nitriles is 1. The Labute approximate surface area is 204 Å². The first-order chi connectivity index (χ1) is 16.5. The van der Waals surface area contributed by atoms with E-state index in [4.69, 9.17) is 38.2 Å². The fourth-order valence-corrected chi connectivity index (χ4v) is 4.16. The molecule has 0 bridgehead atoms. The molecule has 0 aliphatic rings. The van der Waals surface area contributed by atoms with Gasteiger partial charge in [0, 0.05) is 16.8 Å². The van der Waals surface area contributed by atoms with Crippen LogP contribution in [0, 0.1) is 17.1 Å². The molecule has 0 saturated carbocycles. The number of ether oxygens (including phenoxy) is 1. The van der Waals surface area contributed by atoms with Gasteiger partial charge in [0.2, 0.25) is 0 Å². The summed E-state index contributed by atoms with van der Waals surface area (Å²) in [5.74, 6) is 0.520. The summed E-state index contributed by atoms with van der Waals surface area (Å²) in [7, 11) is 1.54. The molecular weight excluding hydrogens is 476 g/mol. The van der Waals surface area contributed by atoms with Gasteiger partial charge in [-0.3, -0.25) is 4.98 Å². The number of nitrogens with zero attached hydrogens (tertiary/aromatic N) is 4. The van der Waals surface area contributed by atoms with Gasteiger partial charge in [-0.05, 0) is 30.3 Å². The second kappa shape index (κ2) is 8.82. The van der Waals surface area contributed by atoms with E-state index in [2.05, 4.69) is 16.0 Å². The quantitative estimate of drug-likeness (QED) is 0.300. The van der Waals surface area contributed by atoms with Crippen molar-refractivity contribution >= 4 is 34.2 Å². The number of nitrogens with one attached hydrogen (secondary N) is 1. The van der Waals surface area contributed by atoms with E-state index >= 15 is 0 Å². The highest BCUT2D eigenvalue weighted by atomic mass is 35.5. The Morgan fingerprint density at radius 2 is 1.97 bits per heavy atom. The number of imidazole rings is 1. The summed E-state index contributed by atoms with van der Waals surface area (Å²) in [5, 5.41) is 9.66. The van der Waals surface area contributed by atoms with E-state index in [1.54, 1.807) is 54.4 Å². The van der Waals surface area contributed by atoms with Crippen molar-refractivity contribution in [3.8, 4) is 40.2 Å². The monoisotopic (exact) mass is 491 g/mol. The largest absolute Gasteiger partial charge is 0.494 e. The molecule has 0 saturated heterocycles. The molecular formula is C25H16Cl2FN5O. The third-order valence-corrected chi connectivity index (χ3v) is 5.97. The van der Waals surface area contributed by atoms with Gasteiger partial charge >= 0.3 is 0 Å². The van der Waals surface area contributed by atoms with Crippen molar-refractivity contribution in [3.63, 3.8) is 0 Å². The second-order valence-electron chi connectivity index (χ2n) is 7.49. The lowest BCUT2D eigenvalue weighted by Gasteiger charge is -2.12. The van der Waals surface area contributed by atoms with E-state index < -0.39 is 5.82 Å². The maximum Gasteiger partial charge on any atom is 0.165 e. The minimum Gasteiger partial charge on any atom is -0.494 e. The topological polar surface area (TPSA) is 79.5 Å². The van der Waals surface area contributed by atoms with Crippen LogP contribution in [-0.2, 0) is 6.42 Å². The number of hydrogen-bond donors (Lipinski definition) is 1. The number of halogens is 3. The maximum absolute atomic E-state index is 15.0. The second-order valence-corrected chi connectivity index (χ2v) is 8.33. The third kappa shape index (κ3) is 3.77. The van der Waals surface area contributed by atoms with Crippen LogP contribution in [-0.4, -0.2) is 26.6 Å². The Hall–Kier alpha value is -3.86. The molecule has 3 aromatic heterocycles. The van der Waals surface area contributed by atoms with Crippen LogP contribution in [0.15, 0.2) is 60.9 Å². The lowest BCUT2D eigenvalue weighted by atomic mass is 10.1. The standard InChI is InChI=1S/C25H16Cl2FN5O/c1-34-21-12-30-16(9-10-29)11-17(21)25-31-19-13-33(20-4-2-3-18(27)22(20)28)24(23(19)32-25)14-5-7-15(26)8-6-14/h2-8,11-13H,9H2,1H3,(H,31,32). The van der Waals surface area contributed by atoms with E-state index in [1.165, 1.54) is 6.07 Å². The Morgan fingerprint density at radius 1 is 1.18 bits per heavy atom. The summed E-state index contributed by atoms with van der Waals surface area (Å²) in [6, 6.07) is 15.9. The van der Waals surface area contributed by atoms with Gasteiger partial charge in [0.05, 0.1) is 59.0 Å². The fraction of sp³-hybridized carbons (Fsp3) is 0.0800. The smallest absolute Gasteiger partial charge is 0.165 e. The summed E-state index contributed by atoms with van der Waals surface area (Å²) in [6.07, 6.45) is 3.50. The number of aromatic nitrogens is 4. The van der Waals surface area contributed by atoms with Gasteiger partial charge in [0.25, 0.3) is 0 Å². The zero-order chi connectivity index (χ0) is 23.8. The fourth-order valence-electron chi connectivity index (χ4n) is 3.86. The molecule has 2 aromatic carbocycles. The normalized spacial score (nSPS) is 11.0. The number of rotatable bonds is 5. The molecule has 0 aliphatic heterocycles. The molecule has 0 aliphatic carbocycles. The molecule has 3 heterocycles. The Morgan fingerprint density at radius 3 is 2.71 bits per heavy atom. The molecule has 0 unspecified atom stereocenters. The van der Waals surface area contributed by atoms with Gasteiger partial charge in [0.15, 0.2) is 5.82 Å². The van der Waals surface area contributed by atoms with Gasteiger partial charge in [-0.25, -0.2) is 9.37 Å². The van der Waals surface area contributed by atoms with Crippen molar-refractivity contribution in [2.45, 2.75) is 6.42 Å². The number of pyridine rings is 1. The van der Waals surface area contributed by atoms with Crippen LogP contribution < -0.4 is 4.74 Å². The van der Waals surface area contributed by atoms with Crippen LogP contribution in [0.5, 0.6) is 5.75 Å². The number of benzene rings is 2. The van der Waals surface area contributed by atoms with Crippen LogP contribution in [0.3, 0.4) is 0 Å². The highest BCUT2D eigenvalue weighted by Crippen LogP contribution is 2.37. The molecule has 5 aromatic rings. The number of hydrogen-bond acceptors (Lipinski definition) is 4. The first kappa shape index (κ1) is 22.0. The molecule has 5 rings (SSSR count). The SMILES string of the molecule is COc1cnc(CC#N)cc1-c1nc2c(-c3ccc(Cl)cc3)n(-c3cccc(Cl)c3F)cc2[nH]1. The molecule has 0 amide bonds. The van der Waals surface area contributed by atoms with Crippen molar-refractivity contribution in [1.29, 1.82) is 5.26 Å². The van der Waals surface area contributed by atoms with E-state index in [9.17, 15) is 4.39 Å². The molecule has 9 heteroatoms. The van der Waals surface area contributed by atoms with Crippen molar-refractivity contribution < 1.29 is 9.13 Å². The molecule has 0 radical (unpaired) electrons. The Bertz CT molecular complexity index is 1570.